The highest BCUT2D eigenvalue weighted by Crippen LogP contribution is 2.34. The first-order chi connectivity index (χ1) is 7.88. The third-order valence-electron chi connectivity index (χ3n) is 4.31. The maximum absolute atomic E-state index is 10.6. The molecule has 1 nitrogen and oxygen atoms in total. The van der Waals surface area contributed by atoms with Crippen molar-refractivity contribution in [1.82, 2.24) is 0 Å². The summed E-state index contributed by atoms with van der Waals surface area (Å²) < 4.78 is 0. The molecule has 1 saturated carbocycles. The van der Waals surface area contributed by atoms with E-state index >= 15 is 0 Å². The van der Waals surface area contributed by atoms with Crippen molar-refractivity contribution in [3.8, 4) is 0 Å². The summed E-state index contributed by atoms with van der Waals surface area (Å²) in [6.45, 7) is 11.5. The zero-order valence-electron chi connectivity index (χ0n) is 12.3. The van der Waals surface area contributed by atoms with Gasteiger partial charge in [0, 0.05) is 0 Å². The number of allylic oxidation sites excluding steroid dienone is 1. The largest absolute Gasteiger partial charge is 0.392 e. The van der Waals surface area contributed by atoms with Crippen LogP contribution in [0.3, 0.4) is 0 Å². The standard InChI is InChI=1S/C15H30OSi/c1-6-14(17(3,4)5)12(2)15(16)13-10-8-7-9-11-13/h6,12-13,15-16H,7-11H2,1-5H3/b14-6-/t12-,15-/m0/s1. The van der Waals surface area contributed by atoms with E-state index in [1.807, 2.05) is 0 Å². The van der Waals surface area contributed by atoms with E-state index in [1.54, 1.807) is 0 Å². The molecule has 2 atom stereocenters. The van der Waals surface area contributed by atoms with E-state index < -0.39 is 8.07 Å². The van der Waals surface area contributed by atoms with E-state index in [2.05, 4.69) is 39.6 Å². The summed E-state index contributed by atoms with van der Waals surface area (Å²) in [5, 5.41) is 12.1. The molecule has 100 valence electrons. The van der Waals surface area contributed by atoms with Crippen LogP contribution >= 0.6 is 0 Å². The number of rotatable bonds is 4. The molecule has 0 aromatic heterocycles. The number of aliphatic hydroxyl groups excluding tert-OH is 1. The van der Waals surface area contributed by atoms with Crippen LogP contribution in [0.4, 0.5) is 0 Å². The van der Waals surface area contributed by atoms with Gasteiger partial charge in [-0.05, 0) is 31.6 Å². The lowest BCUT2D eigenvalue weighted by molar-refractivity contribution is 0.0538. The monoisotopic (exact) mass is 254 g/mol. The van der Waals surface area contributed by atoms with E-state index in [0.29, 0.717) is 11.8 Å². The van der Waals surface area contributed by atoms with Gasteiger partial charge in [-0.15, -0.1) is 0 Å². The summed E-state index contributed by atoms with van der Waals surface area (Å²) >= 11 is 0. The van der Waals surface area contributed by atoms with Gasteiger partial charge >= 0.3 is 0 Å². The molecule has 1 aliphatic carbocycles. The average Bonchev–Trinajstić information content (AvgIpc) is 2.28. The summed E-state index contributed by atoms with van der Waals surface area (Å²) in [4.78, 5) is 0. The van der Waals surface area contributed by atoms with Crippen LogP contribution in [0, 0.1) is 11.8 Å². The molecule has 1 rings (SSSR count). The lowest BCUT2D eigenvalue weighted by atomic mass is 9.81. The Morgan fingerprint density at radius 3 is 2.12 bits per heavy atom. The van der Waals surface area contributed by atoms with Gasteiger partial charge in [0.1, 0.15) is 0 Å². The zero-order chi connectivity index (χ0) is 13.1. The summed E-state index contributed by atoms with van der Waals surface area (Å²) in [5.74, 6) is 0.903. The van der Waals surface area contributed by atoms with Crippen LogP contribution in [-0.4, -0.2) is 19.3 Å². The van der Waals surface area contributed by atoms with Crippen molar-refractivity contribution in [1.29, 1.82) is 0 Å². The van der Waals surface area contributed by atoms with Gasteiger partial charge in [-0.1, -0.05) is 57.1 Å². The number of hydrogen-bond donors (Lipinski definition) is 1. The van der Waals surface area contributed by atoms with Gasteiger partial charge < -0.3 is 5.11 Å². The Hall–Kier alpha value is -0.0831. The fourth-order valence-electron chi connectivity index (χ4n) is 3.45. The van der Waals surface area contributed by atoms with Gasteiger partial charge in [0.15, 0.2) is 0 Å². The molecule has 0 saturated heterocycles. The lowest BCUT2D eigenvalue weighted by Crippen LogP contribution is -2.37. The Kier molecular flexibility index (Phi) is 5.45. The molecule has 1 fully saturated rings. The topological polar surface area (TPSA) is 20.2 Å². The minimum atomic E-state index is -1.27. The second kappa shape index (κ2) is 6.19. The van der Waals surface area contributed by atoms with E-state index in [9.17, 15) is 5.11 Å². The van der Waals surface area contributed by atoms with Gasteiger partial charge in [-0.3, -0.25) is 0 Å². The first-order valence-electron chi connectivity index (χ1n) is 7.22. The average molecular weight is 254 g/mol. The van der Waals surface area contributed by atoms with Gasteiger partial charge in [0.2, 0.25) is 0 Å². The summed E-state index contributed by atoms with van der Waals surface area (Å²) in [7, 11) is -1.27. The van der Waals surface area contributed by atoms with Crippen molar-refractivity contribution in [3.05, 3.63) is 11.3 Å². The Bertz CT molecular complexity index is 259. The Balaban J connectivity index is 2.70. The smallest absolute Gasteiger partial charge is 0.0724 e. The van der Waals surface area contributed by atoms with Crippen LogP contribution in [0.1, 0.15) is 46.0 Å². The minimum absolute atomic E-state index is 0.117. The lowest BCUT2D eigenvalue weighted by Gasteiger charge is -2.35. The molecule has 0 aromatic rings. The van der Waals surface area contributed by atoms with Crippen molar-refractivity contribution in [3.63, 3.8) is 0 Å². The quantitative estimate of drug-likeness (QED) is 0.738. The first-order valence-corrected chi connectivity index (χ1v) is 10.7. The van der Waals surface area contributed by atoms with E-state index in [-0.39, 0.29) is 6.10 Å². The molecule has 1 N–H and O–H groups in total. The minimum Gasteiger partial charge on any atom is -0.392 e. The van der Waals surface area contributed by atoms with Gasteiger partial charge in [0.25, 0.3) is 0 Å². The Morgan fingerprint density at radius 1 is 1.18 bits per heavy atom. The molecule has 0 heterocycles. The molecule has 0 radical (unpaired) electrons. The third-order valence-corrected chi connectivity index (χ3v) is 6.79. The number of aliphatic hydroxyl groups is 1. The summed E-state index contributed by atoms with van der Waals surface area (Å²) in [6, 6.07) is 0. The van der Waals surface area contributed by atoms with Crippen molar-refractivity contribution < 1.29 is 5.11 Å². The zero-order valence-corrected chi connectivity index (χ0v) is 13.3. The van der Waals surface area contributed by atoms with Crippen LogP contribution in [0.15, 0.2) is 11.3 Å². The van der Waals surface area contributed by atoms with Gasteiger partial charge in [-0.25, -0.2) is 0 Å². The van der Waals surface area contributed by atoms with Crippen LogP contribution in [0.25, 0.3) is 0 Å². The number of hydrogen-bond acceptors (Lipinski definition) is 1. The molecule has 2 heteroatoms. The SMILES string of the molecule is C/C=C(/[C@H](C)[C@H](O)C1CCCCC1)[Si](C)(C)C. The molecular weight excluding hydrogens is 224 g/mol. The van der Waals surface area contributed by atoms with Crippen LogP contribution < -0.4 is 0 Å². The van der Waals surface area contributed by atoms with E-state index in [0.717, 1.165) is 0 Å². The molecule has 1 aliphatic rings. The van der Waals surface area contributed by atoms with Crippen molar-refractivity contribution in [2.24, 2.45) is 11.8 Å². The molecule has 0 aliphatic heterocycles. The van der Waals surface area contributed by atoms with Crippen molar-refractivity contribution in [2.75, 3.05) is 0 Å². The fraction of sp³-hybridized carbons (Fsp3) is 0.867. The maximum atomic E-state index is 10.6. The van der Waals surface area contributed by atoms with E-state index in [4.69, 9.17) is 0 Å². The predicted molar refractivity (Wildman–Crippen MR) is 78.8 cm³/mol. The molecule has 17 heavy (non-hydrogen) atoms. The highest BCUT2D eigenvalue weighted by Gasteiger charge is 2.32. The summed E-state index contributed by atoms with van der Waals surface area (Å²) in [6.07, 6.45) is 8.60. The highest BCUT2D eigenvalue weighted by atomic mass is 28.3. The normalized spacial score (nSPS) is 23.5. The third kappa shape index (κ3) is 3.96. The van der Waals surface area contributed by atoms with E-state index in [1.165, 1.54) is 37.3 Å². The second-order valence-corrected chi connectivity index (χ2v) is 11.7. The summed E-state index contributed by atoms with van der Waals surface area (Å²) in [5.41, 5.74) is 0. The fourth-order valence-corrected chi connectivity index (χ4v) is 5.85. The van der Waals surface area contributed by atoms with Crippen molar-refractivity contribution >= 4 is 8.07 Å². The Morgan fingerprint density at radius 2 is 1.71 bits per heavy atom. The second-order valence-electron chi connectivity index (χ2n) is 6.67. The molecule has 0 spiro atoms. The molecule has 0 unspecified atom stereocenters. The molecular formula is C15H30OSi. The molecule has 0 bridgehead atoms. The molecule has 0 aromatic carbocycles. The van der Waals surface area contributed by atoms with Gasteiger partial charge in [-0.2, -0.15) is 0 Å². The first kappa shape index (κ1) is 15.0. The highest BCUT2D eigenvalue weighted by molar-refractivity contribution is 6.83. The van der Waals surface area contributed by atoms with Crippen molar-refractivity contribution in [2.45, 2.75) is 71.7 Å². The van der Waals surface area contributed by atoms with Crippen LogP contribution in [-0.2, 0) is 0 Å². The van der Waals surface area contributed by atoms with Gasteiger partial charge in [0.05, 0.1) is 14.2 Å². The molecule has 0 amide bonds. The van der Waals surface area contributed by atoms with Crippen LogP contribution in [0.2, 0.25) is 19.6 Å². The predicted octanol–water partition coefficient (Wildman–Crippen LogP) is 4.39. The maximum Gasteiger partial charge on any atom is 0.0724 e. The van der Waals surface area contributed by atoms with Crippen LogP contribution in [0.5, 0.6) is 0 Å². The Labute approximate surface area is 108 Å².